The standard InChI is InChI=1S/C10H12O3/c11-7-6-9(10(12)13)8-4-2-1-3-5-8/h1-5,9,11H,6-7H2,(H,12,13)/p-1. The summed E-state index contributed by atoms with van der Waals surface area (Å²) in [7, 11) is 0. The van der Waals surface area contributed by atoms with E-state index in [9.17, 15) is 9.90 Å². The molecule has 0 saturated heterocycles. The summed E-state index contributed by atoms with van der Waals surface area (Å²) in [6, 6.07) is 8.78. The van der Waals surface area contributed by atoms with E-state index in [1.807, 2.05) is 6.07 Å². The molecule has 0 spiro atoms. The minimum Gasteiger partial charge on any atom is -0.549 e. The first-order valence-electron chi connectivity index (χ1n) is 4.12. The Morgan fingerprint density at radius 3 is 2.46 bits per heavy atom. The van der Waals surface area contributed by atoms with Crippen LogP contribution in [0, 0.1) is 0 Å². The molecular weight excluding hydrogens is 168 g/mol. The SMILES string of the molecule is O=C([O-])C(CCO)c1ccccc1. The Morgan fingerprint density at radius 1 is 1.38 bits per heavy atom. The van der Waals surface area contributed by atoms with Gasteiger partial charge in [0.05, 0.1) is 0 Å². The summed E-state index contributed by atoms with van der Waals surface area (Å²) < 4.78 is 0. The number of carbonyl (C=O) groups excluding carboxylic acids is 1. The average Bonchev–Trinajstić information content (AvgIpc) is 2.15. The molecule has 3 heteroatoms. The van der Waals surface area contributed by atoms with E-state index in [1.165, 1.54) is 0 Å². The van der Waals surface area contributed by atoms with Gasteiger partial charge in [0.15, 0.2) is 0 Å². The molecule has 0 heterocycles. The van der Waals surface area contributed by atoms with Crippen molar-refractivity contribution in [3.05, 3.63) is 35.9 Å². The van der Waals surface area contributed by atoms with Crippen LogP contribution in [0.3, 0.4) is 0 Å². The maximum atomic E-state index is 10.7. The normalized spacial score (nSPS) is 12.4. The molecule has 1 aromatic rings. The predicted molar refractivity (Wildman–Crippen MR) is 45.9 cm³/mol. The summed E-state index contributed by atoms with van der Waals surface area (Å²) in [5.74, 6) is -1.84. The van der Waals surface area contributed by atoms with Crippen LogP contribution >= 0.6 is 0 Å². The third kappa shape index (κ3) is 2.56. The van der Waals surface area contributed by atoms with E-state index < -0.39 is 11.9 Å². The Labute approximate surface area is 76.6 Å². The van der Waals surface area contributed by atoms with E-state index in [0.29, 0.717) is 5.56 Å². The third-order valence-electron chi connectivity index (χ3n) is 1.90. The van der Waals surface area contributed by atoms with Crippen molar-refractivity contribution in [1.82, 2.24) is 0 Å². The molecule has 0 aliphatic heterocycles. The number of benzene rings is 1. The number of aliphatic hydroxyl groups excluding tert-OH is 1. The lowest BCUT2D eigenvalue weighted by atomic mass is 9.96. The minimum absolute atomic E-state index is 0.145. The molecule has 1 rings (SSSR count). The lowest BCUT2D eigenvalue weighted by Crippen LogP contribution is -2.30. The highest BCUT2D eigenvalue weighted by Crippen LogP contribution is 2.17. The number of carboxylic acid groups (broad SMARTS) is 1. The number of hydrogen-bond acceptors (Lipinski definition) is 3. The van der Waals surface area contributed by atoms with Gasteiger partial charge in [-0.15, -0.1) is 0 Å². The van der Waals surface area contributed by atoms with E-state index in [0.717, 1.165) is 0 Å². The van der Waals surface area contributed by atoms with Crippen molar-refractivity contribution in [3.8, 4) is 0 Å². The maximum absolute atomic E-state index is 10.7. The van der Waals surface area contributed by atoms with Gasteiger partial charge in [0.2, 0.25) is 0 Å². The average molecular weight is 179 g/mol. The van der Waals surface area contributed by atoms with Gasteiger partial charge in [-0.2, -0.15) is 0 Å². The molecule has 70 valence electrons. The number of aliphatic carboxylic acids is 1. The van der Waals surface area contributed by atoms with Crippen LogP contribution in [0.5, 0.6) is 0 Å². The van der Waals surface area contributed by atoms with Gasteiger partial charge in [0, 0.05) is 18.5 Å². The van der Waals surface area contributed by atoms with Crippen LogP contribution in [0.2, 0.25) is 0 Å². The van der Waals surface area contributed by atoms with E-state index in [-0.39, 0.29) is 13.0 Å². The van der Waals surface area contributed by atoms with Gasteiger partial charge >= 0.3 is 0 Å². The summed E-state index contributed by atoms with van der Waals surface area (Å²) in [5.41, 5.74) is 0.677. The number of hydrogen-bond donors (Lipinski definition) is 1. The van der Waals surface area contributed by atoms with Crippen LogP contribution in [0.4, 0.5) is 0 Å². The molecule has 1 unspecified atom stereocenters. The molecular formula is C10H11O3-. The van der Waals surface area contributed by atoms with E-state index in [1.54, 1.807) is 24.3 Å². The molecule has 1 aromatic carbocycles. The second-order valence-electron chi connectivity index (χ2n) is 2.79. The second kappa shape index (κ2) is 4.62. The zero-order valence-corrected chi connectivity index (χ0v) is 7.14. The predicted octanol–water partition coefficient (Wildman–Crippen LogP) is -0.0975. The van der Waals surface area contributed by atoms with Gasteiger partial charge in [-0.05, 0) is 12.0 Å². The zero-order valence-electron chi connectivity index (χ0n) is 7.14. The van der Waals surface area contributed by atoms with E-state index in [2.05, 4.69) is 0 Å². The summed E-state index contributed by atoms with van der Waals surface area (Å²) in [4.78, 5) is 10.7. The van der Waals surface area contributed by atoms with Crippen molar-refractivity contribution < 1.29 is 15.0 Å². The number of carboxylic acids is 1. The van der Waals surface area contributed by atoms with E-state index >= 15 is 0 Å². The van der Waals surface area contributed by atoms with Gasteiger partial charge < -0.3 is 15.0 Å². The maximum Gasteiger partial charge on any atom is 0.0490 e. The highest BCUT2D eigenvalue weighted by Gasteiger charge is 2.10. The van der Waals surface area contributed by atoms with Crippen LogP contribution in [-0.2, 0) is 4.79 Å². The molecule has 1 atom stereocenters. The monoisotopic (exact) mass is 179 g/mol. The fraction of sp³-hybridized carbons (Fsp3) is 0.300. The quantitative estimate of drug-likeness (QED) is 0.702. The lowest BCUT2D eigenvalue weighted by Gasteiger charge is -2.16. The highest BCUT2D eigenvalue weighted by atomic mass is 16.4. The number of aliphatic hydroxyl groups is 1. The summed E-state index contributed by atoms with van der Waals surface area (Å²) in [5, 5.41) is 19.3. The van der Waals surface area contributed by atoms with Crippen LogP contribution in [0.25, 0.3) is 0 Å². The zero-order chi connectivity index (χ0) is 9.68. The van der Waals surface area contributed by atoms with Gasteiger partial charge in [0.25, 0.3) is 0 Å². The summed E-state index contributed by atoms with van der Waals surface area (Å²) in [6.07, 6.45) is 0.201. The molecule has 0 bridgehead atoms. The molecule has 0 saturated carbocycles. The van der Waals surface area contributed by atoms with Gasteiger partial charge in [0.1, 0.15) is 0 Å². The van der Waals surface area contributed by atoms with Crippen molar-refractivity contribution >= 4 is 5.97 Å². The summed E-state index contributed by atoms with van der Waals surface area (Å²) >= 11 is 0. The Kier molecular flexibility index (Phi) is 3.46. The Morgan fingerprint density at radius 2 is 2.00 bits per heavy atom. The molecule has 0 amide bonds. The highest BCUT2D eigenvalue weighted by molar-refractivity contribution is 5.73. The van der Waals surface area contributed by atoms with Crippen LogP contribution < -0.4 is 5.11 Å². The largest absolute Gasteiger partial charge is 0.549 e. The first-order valence-corrected chi connectivity index (χ1v) is 4.12. The Balaban J connectivity index is 2.82. The minimum atomic E-state index is -1.14. The smallest absolute Gasteiger partial charge is 0.0490 e. The van der Waals surface area contributed by atoms with Crippen molar-refractivity contribution in [2.24, 2.45) is 0 Å². The van der Waals surface area contributed by atoms with Crippen molar-refractivity contribution in [2.75, 3.05) is 6.61 Å². The molecule has 13 heavy (non-hydrogen) atoms. The number of carbonyl (C=O) groups is 1. The summed E-state index contributed by atoms with van der Waals surface area (Å²) in [6.45, 7) is -0.145. The van der Waals surface area contributed by atoms with Gasteiger partial charge in [-0.1, -0.05) is 30.3 Å². The van der Waals surface area contributed by atoms with Crippen molar-refractivity contribution in [1.29, 1.82) is 0 Å². The molecule has 1 N–H and O–H groups in total. The molecule has 0 aliphatic carbocycles. The van der Waals surface area contributed by atoms with Crippen LogP contribution in [0.1, 0.15) is 17.9 Å². The van der Waals surface area contributed by atoms with Crippen LogP contribution in [-0.4, -0.2) is 17.7 Å². The third-order valence-corrected chi connectivity index (χ3v) is 1.90. The topological polar surface area (TPSA) is 60.4 Å². The first kappa shape index (κ1) is 9.74. The van der Waals surface area contributed by atoms with Crippen molar-refractivity contribution in [2.45, 2.75) is 12.3 Å². The van der Waals surface area contributed by atoms with E-state index in [4.69, 9.17) is 5.11 Å². The number of rotatable bonds is 4. The molecule has 3 nitrogen and oxygen atoms in total. The van der Waals surface area contributed by atoms with Gasteiger partial charge in [-0.3, -0.25) is 0 Å². The van der Waals surface area contributed by atoms with Gasteiger partial charge in [-0.25, -0.2) is 0 Å². The Hall–Kier alpha value is -1.35. The Bertz CT molecular complexity index is 269. The molecule has 0 aliphatic rings. The lowest BCUT2D eigenvalue weighted by molar-refractivity contribution is -0.308. The second-order valence-corrected chi connectivity index (χ2v) is 2.79. The van der Waals surface area contributed by atoms with Crippen LogP contribution in [0.15, 0.2) is 30.3 Å². The fourth-order valence-electron chi connectivity index (χ4n) is 1.24. The van der Waals surface area contributed by atoms with Crippen molar-refractivity contribution in [3.63, 3.8) is 0 Å². The molecule has 0 radical (unpaired) electrons. The fourth-order valence-corrected chi connectivity index (χ4v) is 1.24. The first-order chi connectivity index (χ1) is 6.25. The molecule has 0 fully saturated rings. The molecule has 0 aromatic heterocycles.